The predicted octanol–water partition coefficient (Wildman–Crippen LogP) is 1.39. The van der Waals surface area contributed by atoms with Crippen LogP contribution in [-0.4, -0.2) is 13.0 Å². The Balaban J connectivity index is 3.52. The Morgan fingerprint density at radius 2 is 2.00 bits per heavy atom. The van der Waals surface area contributed by atoms with Gasteiger partial charge in [-0.05, 0) is 36.6 Å². The molecule has 1 aromatic carbocycles. The summed E-state index contributed by atoms with van der Waals surface area (Å²) in [5.41, 5.74) is 7.51. The minimum absolute atomic E-state index is 0.0662. The van der Waals surface area contributed by atoms with E-state index in [9.17, 15) is 8.42 Å². The molecule has 4 nitrogen and oxygen atoms in total. The molecule has 0 atom stereocenters. The molecule has 5 heteroatoms. The lowest BCUT2D eigenvalue weighted by molar-refractivity contribution is 0.482. The largest absolute Gasteiger partial charge is 0.398 e. The highest BCUT2D eigenvalue weighted by atomic mass is 32.2. The zero-order chi connectivity index (χ0) is 10.9. The Hall–Kier alpha value is -1.07. The standard InChI is InChI=1S/C9H13NO3S/c1-3-7-6(2)9(14(11,12)13)5-4-8(7)10/h4-5H,3,10H2,1-2H3,(H,11,12,13). The van der Waals surface area contributed by atoms with E-state index in [1.807, 2.05) is 6.92 Å². The molecule has 0 aliphatic carbocycles. The summed E-state index contributed by atoms with van der Waals surface area (Å²) in [5.74, 6) is 0. The van der Waals surface area contributed by atoms with Gasteiger partial charge in [-0.3, -0.25) is 4.55 Å². The smallest absolute Gasteiger partial charge is 0.294 e. The lowest BCUT2D eigenvalue weighted by Gasteiger charge is -2.10. The monoisotopic (exact) mass is 215 g/mol. The number of benzene rings is 1. The van der Waals surface area contributed by atoms with E-state index in [0.29, 0.717) is 17.7 Å². The number of nitrogen functional groups attached to an aromatic ring is 1. The summed E-state index contributed by atoms with van der Waals surface area (Å²) in [7, 11) is -4.14. The van der Waals surface area contributed by atoms with Crippen LogP contribution in [0.1, 0.15) is 18.1 Å². The molecule has 0 aliphatic heterocycles. The van der Waals surface area contributed by atoms with Crippen molar-refractivity contribution in [2.24, 2.45) is 0 Å². The van der Waals surface area contributed by atoms with Gasteiger partial charge < -0.3 is 5.73 Å². The molecule has 0 spiro atoms. The number of nitrogens with two attached hydrogens (primary N) is 1. The van der Waals surface area contributed by atoms with Gasteiger partial charge in [-0.2, -0.15) is 8.42 Å². The van der Waals surface area contributed by atoms with Gasteiger partial charge in [-0.25, -0.2) is 0 Å². The van der Waals surface area contributed by atoms with E-state index in [1.165, 1.54) is 12.1 Å². The quantitative estimate of drug-likeness (QED) is 0.577. The summed E-state index contributed by atoms with van der Waals surface area (Å²) in [6.07, 6.45) is 0.640. The molecule has 0 unspecified atom stereocenters. The van der Waals surface area contributed by atoms with E-state index in [4.69, 9.17) is 10.3 Å². The molecular weight excluding hydrogens is 202 g/mol. The van der Waals surface area contributed by atoms with Crippen molar-refractivity contribution in [2.75, 3.05) is 5.73 Å². The number of hydrogen-bond donors (Lipinski definition) is 2. The van der Waals surface area contributed by atoms with Gasteiger partial charge in [0.25, 0.3) is 10.1 Å². The van der Waals surface area contributed by atoms with Crippen LogP contribution in [0.3, 0.4) is 0 Å². The number of hydrogen-bond acceptors (Lipinski definition) is 3. The summed E-state index contributed by atoms with van der Waals surface area (Å²) < 4.78 is 30.8. The average Bonchev–Trinajstić information content (AvgIpc) is 2.02. The van der Waals surface area contributed by atoms with Gasteiger partial charge in [0.15, 0.2) is 0 Å². The van der Waals surface area contributed by atoms with Crippen molar-refractivity contribution in [3.63, 3.8) is 0 Å². The van der Waals surface area contributed by atoms with Gasteiger partial charge in [-0.1, -0.05) is 6.92 Å². The van der Waals surface area contributed by atoms with Gasteiger partial charge in [0.2, 0.25) is 0 Å². The van der Waals surface area contributed by atoms with E-state index in [1.54, 1.807) is 6.92 Å². The molecule has 0 amide bonds. The zero-order valence-corrected chi connectivity index (χ0v) is 8.93. The fraction of sp³-hybridized carbons (Fsp3) is 0.333. The summed E-state index contributed by atoms with van der Waals surface area (Å²) in [6.45, 7) is 3.52. The molecule has 14 heavy (non-hydrogen) atoms. The normalized spacial score (nSPS) is 11.6. The molecule has 0 heterocycles. The summed E-state index contributed by atoms with van der Waals surface area (Å²) in [5, 5.41) is 0. The summed E-state index contributed by atoms with van der Waals surface area (Å²) in [6, 6.07) is 2.81. The molecule has 0 saturated heterocycles. The first-order valence-electron chi connectivity index (χ1n) is 4.23. The highest BCUT2D eigenvalue weighted by Crippen LogP contribution is 2.24. The summed E-state index contributed by atoms with van der Waals surface area (Å²) in [4.78, 5) is -0.0662. The van der Waals surface area contributed by atoms with Crippen LogP contribution < -0.4 is 5.73 Å². The predicted molar refractivity (Wildman–Crippen MR) is 54.8 cm³/mol. The number of anilines is 1. The van der Waals surface area contributed by atoms with E-state index in [0.717, 1.165) is 5.56 Å². The second kappa shape index (κ2) is 3.59. The molecule has 0 fully saturated rings. The molecule has 0 saturated carbocycles. The van der Waals surface area contributed by atoms with Crippen LogP contribution >= 0.6 is 0 Å². The minimum atomic E-state index is -4.14. The molecule has 0 aliphatic rings. The molecule has 0 bridgehead atoms. The van der Waals surface area contributed by atoms with Crippen molar-refractivity contribution in [2.45, 2.75) is 25.2 Å². The third-order valence-electron chi connectivity index (χ3n) is 2.22. The van der Waals surface area contributed by atoms with Crippen LogP contribution in [0.2, 0.25) is 0 Å². The second-order valence-corrected chi connectivity index (χ2v) is 4.48. The Bertz CT molecular complexity index is 451. The van der Waals surface area contributed by atoms with Gasteiger partial charge >= 0.3 is 0 Å². The maximum absolute atomic E-state index is 10.9. The van der Waals surface area contributed by atoms with E-state index >= 15 is 0 Å². The van der Waals surface area contributed by atoms with Crippen molar-refractivity contribution in [3.8, 4) is 0 Å². The average molecular weight is 215 g/mol. The van der Waals surface area contributed by atoms with E-state index < -0.39 is 10.1 Å². The zero-order valence-electron chi connectivity index (χ0n) is 8.11. The molecule has 1 aromatic rings. The third kappa shape index (κ3) is 1.88. The highest BCUT2D eigenvalue weighted by Gasteiger charge is 2.16. The van der Waals surface area contributed by atoms with Crippen molar-refractivity contribution >= 4 is 15.8 Å². The van der Waals surface area contributed by atoms with Crippen molar-refractivity contribution in [1.29, 1.82) is 0 Å². The van der Waals surface area contributed by atoms with Gasteiger partial charge in [0.05, 0.1) is 4.90 Å². The van der Waals surface area contributed by atoms with Crippen LogP contribution in [0.4, 0.5) is 5.69 Å². The second-order valence-electron chi connectivity index (χ2n) is 3.09. The first-order chi connectivity index (χ1) is 6.38. The topological polar surface area (TPSA) is 80.4 Å². The van der Waals surface area contributed by atoms with Gasteiger partial charge in [-0.15, -0.1) is 0 Å². The van der Waals surface area contributed by atoms with Crippen LogP contribution in [0.5, 0.6) is 0 Å². The molecule has 0 aromatic heterocycles. The first-order valence-corrected chi connectivity index (χ1v) is 5.67. The van der Waals surface area contributed by atoms with Gasteiger partial charge in [0, 0.05) is 5.69 Å². The van der Waals surface area contributed by atoms with Crippen LogP contribution in [0, 0.1) is 6.92 Å². The number of rotatable bonds is 2. The summed E-state index contributed by atoms with van der Waals surface area (Å²) >= 11 is 0. The molecule has 0 radical (unpaired) electrons. The van der Waals surface area contributed by atoms with Crippen LogP contribution in [-0.2, 0) is 16.5 Å². The molecule has 1 rings (SSSR count). The Kier molecular flexibility index (Phi) is 2.82. The fourth-order valence-corrected chi connectivity index (χ4v) is 2.26. The van der Waals surface area contributed by atoms with Crippen molar-refractivity contribution < 1.29 is 13.0 Å². The van der Waals surface area contributed by atoms with Crippen LogP contribution in [0.25, 0.3) is 0 Å². The molecule has 3 N–H and O–H groups in total. The first kappa shape index (κ1) is 11.0. The Morgan fingerprint density at radius 1 is 1.43 bits per heavy atom. The Labute approximate surface area is 83.5 Å². The maximum atomic E-state index is 10.9. The molecule has 78 valence electrons. The minimum Gasteiger partial charge on any atom is -0.398 e. The van der Waals surface area contributed by atoms with Crippen molar-refractivity contribution in [3.05, 3.63) is 23.3 Å². The van der Waals surface area contributed by atoms with E-state index in [2.05, 4.69) is 0 Å². The van der Waals surface area contributed by atoms with Gasteiger partial charge in [0.1, 0.15) is 0 Å². The third-order valence-corrected chi connectivity index (χ3v) is 3.21. The Morgan fingerprint density at radius 3 is 2.43 bits per heavy atom. The maximum Gasteiger partial charge on any atom is 0.294 e. The lowest BCUT2D eigenvalue weighted by Crippen LogP contribution is -2.05. The SMILES string of the molecule is CCc1c(N)ccc(S(=O)(=O)O)c1C. The van der Waals surface area contributed by atoms with E-state index in [-0.39, 0.29) is 4.90 Å². The van der Waals surface area contributed by atoms with Crippen LogP contribution in [0.15, 0.2) is 17.0 Å². The van der Waals surface area contributed by atoms with Crippen molar-refractivity contribution in [1.82, 2.24) is 0 Å². The molecular formula is C9H13NO3S. The fourth-order valence-electron chi connectivity index (χ4n) is 1.51. The lowest BCUT2D eigenvalue weighted by atomic mass is 10.0. The highest BCUT2D eigenvalue weighted by molar-refractivity contribution is 7.85.